The van der Waals surface area contributed by atoms with E-state index in [1.54, 1.807) is 0 Å². The summed E-state index contributed by atoms with van der Waals surface area (Å²) in [5.74, 6) is 2.71. The van der Waals surface area contributed by atoms with Crippen molar-refractivity contribution in [2.45, 2.75) is 20.3 Å². The van der Waals surface area contributed by atoms with Gasteiger partial charge in [-0.1, -0.05) is 19.1 Å². The minimum absolute atomic E-state index is 0.555. The van der Waals surface area contributed by atoms with Gasteiger partial charge in [-0.3, -0.25) is 0 Å². The van der Waals surface area contributed by atoms with Gasteiger partial charge in [0.05, 0.1) is 12.2 Å². The fraction of sp³-hybridized carbons (Fsp3) is 0.333. The lowest BCUT2D eigenvalue weighted by Gasteiger charge is -2.14. The number of anilines is 1. The van der Waals surface area contributed by atoms with Gasteiger partial charge in [0.2, 0.25) is 5.88 Å². The van der Waals surface area contributed by atoms with Crippen LogP contribution in [0, 0.1) is 0 Å². The van der Waals surface area contributed by atoms with Crippen LogP contribution in [0.1, 0.15) is 19.4 Å². The molecule has 2 rings (SSSR count). The Morgan fingerprint density at radius 2 is 1.85 bits per heavy atom. The van der Waals surface area contributed by atoms with E-state index in [0.29, 0.717) is 24.0 Å². The van der Waals surface area contributed by atoms with Crippen molar-refractivity contribution in [2.24, 2.45) is 0 Å². The van der Waals surface area contributed by atoms with E-state index in [4.69, 9.17) is 9.47 Å². The topological polar surface area (TPSA) is 56.3 Å². The Kier molecular flexibility index (Phi) is 4.76. The first-order chi connectivity index (χ1) is 9.80. The standard InChI is InChI=1S/C15H19N3O2/c1-4-11-14(16-3)17-10-18-15(11)20-13-9-7-6-8-12(13)19-5-2/h6-10H,4-5H2,1-3H3,(H,16,17,18). The van der Waals surface area contributed by atoms with Crippen molar-refractivity contribution >= 4 is 5.82 Å². The fourth-order valence-corrected chi connectivity index (χ4v) is 1.93. The molecule has 1 aromatic heterocycles. The van der Waals surface area contributed by atoms with E-state index in [1.807, 2.05) is 45.2 Å². The van der Waals surface area contributed by atoms with Gasteiger partial charge >= 0.3 is 0 Å². The molecule has 1 heterocycles. The Hall–Kier alpha value is -2.30. The van der Waals surface area contributed by atoms with E-state index in [1.165, 1.54) is 6.33 Å². The minimum Gasteiger partial charge on any atom is -0.490 e. The zero-order valence-electron chi connectivity index (χ0n) is 12.0. The Balaban J connectivity index is 2.35. The molecule has 0 saturated heterocycles. The van der Waals surface area contributed by atoms with Crippen molar-refractivity contribution in [3.05, 3.63) is 36.2 Å². The molecule has 5 heteroatoms. The average Bonchev–Trinajstić information content (AvgIpc) is 2.49. The quantitative estimate of drug-likeness (QED) is 0.875. The van der Waals surface area contributed by atoms with Gasteiger partial charge in [0.1, 0.15) is 12.1 Å². The molecule has 0 fully saturated rings. The van der Waals surface area contributed by atoms with Crippen molar-refractivity contribution < 1.29 is 9.47 Å². The maximum Gasteiger partial charge on any atom is 0.227 e. The minimum atomic E-state index is 0.555. The number of ether oxygens (including phenoxy) is 2. The number of aromatic nitrogens is 2. The Bertz CT molecular complexity index is 573. The molecular weight excluding hydrogens is 254 g/mol. The Morgan fingerprint density at radius 1 is 1.10 bits per heavy atom. The van der Waals surface area contributed by atoms with Gasteiger partial charge in [-0.15, -0.1) is 0 Å². The number of para-hydroxylation sites is 2. The van der Waals surface area contributed by atoms with Crippen LogP contribution in [0.2, 0.25) is 0 Å². The molecule has 20 heavy (non-hydrogen) atoms. The molecule has 1 N–H and O–H groups in total. The zero-order chi connectivity index (χ0) is 14.4. The summed E-state index contributed by atoms with van der Waals surface area (Å²) in [7, 11) is 1.83. The van der Waals surface area contributed by atoms with Crippen molar-refractivity contribution in [2.75, 3.05) is 19.0 Å². The summed E-state index contributed by atoms with van der Waals surface area (Å²) < 4.78 is 11.5. The highest BCUT2D eigenvalue weighted by atomic mass is 16.5. The first-order valence-corrected chi connectivity index (χ1v) is 6.71. The number of benzene rings is 1. The highest BCUT2D eigenvalue weighted by molar-refractivity contribution is 5.50. The summed E-state index contributed by atoms with van der Waals surface area (Å²) in [5.41, 5.74) is 0.946. The summed E-state index contributed by atoms with van der Waals surface area (Å²) in [6.45, 7) is 4.57. The molecule has 0 unspecified atom stereocenters. The van der Waals surface area contributed by atoms with Crippen LogP contribution in [0.15, 0.2) is 30.6 Å². The van der Waals surface area contributed by atoms with Crippen LogP contribution in [0.25, 0.3) is 0 Å². The molecule has 2 aromatic rings. The SMILES string of the molecule is CCOc1ccccc1Oc1ncnc(NC)c1CC. The highest BCUT2D eigenvalue weighted by Gasteiger charge is 2.13. The van der Waals surface area contributed by atoms with Gasteiger partial charge in [0, 0.05) is 7.05 Å². The molecule has 0 aliphatic heterocycles. The third-order valence-corrected chi connectivity index (χ3v) is 2.85. The maximum absolute atomic E-state index is 5.91. The maximum atomic E-state index is 5.91. The molecule has 0 spiro atoms. The second-order valence-corrected chi connectivity index (χ2v) is 4.09. The van der Waals surface area contributed by atoms with Crippen LogP contribution in [-0.4, -0.2) is 23.6 Å². The van der Waals surface area contributed by atoms with E-state index < -0.39 is 0 Å². The van der Waals surface area contributed by atoms with Crippen LogP contribution >= 0.6 is 0 Å². The second-order valence-electron chi connectivity index (χ2n) is 4.09. The number of hydrogen-bond donors (Lipinski definition) is 1. The van der Waals surface area contributed by atoms with Crippen LogP contribution in [0.5, 0.6) is 17.4 Å². The molecule has 1 aromatic carbocycles. The lowest BCUT2D eigenvalue weighted by atomic mass is 10.2. The third kappa shape index (κ3) is 2.99. The fourth-order valence-electron chi connectivity index (χ4n) is 1.93. The van der Waals surface area contributed by atoms with Gasteiger partial charge in [-0.2, -0.15) is 0 Å². The van der Waals surface area contributed by atoms with Crippen molar-refractivity contribution in [1.29, 1.82) is 0 Å². The Morgan fingerprint density at radius 3 is 2.50 bits per heavy atom. The lowest BCUT2D eigenvalue weighted by molar-refractivity contribution is 0.319. The van der Waals surface area contributed by atoms with Gasteiger partial charge < -0.3 is 14.8 Å². The summed E-state index contributed by atoms with van der Waals surface area (Å²) in [6, 6.07) is 7.57. The molecule has 0 radical (unpaired) electrons. The molecular formula is C15H19N3O2. The second kappa shape index (κ2) is 6.75. The van der Waals surface area contributed by atoms with E-state index in [-0.39, 0.29) is 0 Å². The zero-order valence-corrected chi connectivity index (χ0v) is 12.0. The average molecular weight is 273 g/mol. The van der Waals surface area contributed by atoms with Crippen LogP contribution in [0.3, 0.4) is 0 Å². The summed E-state index contributed by atoms with van der Waals surface area (Å²) in [6.07, 6.45) is 2.27. The van der Waals surface area contributed by atoms with Gasteiger partial charge in [0.15, 0.2) is 11.5 Å². The number of nitrogens with zero attached hydrogens (tertiary/aromatic N) is 2. The number of hydrogen-bond acceptors (Lipinski definition) is 5. The molecule has 106 valence electrons. The smallest absolute Gasteiger partial charge is 0.227 e. The summed E-state index contributed by atoms with van der Waals surface area (Å²) in [5, 5.41) is 3.05. The van der Waals surface area contributed by atoms with Gasteiger partial charge in [-0.05, 0) is 25.5 Å². The molecule has 0 bridgehead atoms. The largest absolute Gasteiger partial charge is 0.490 e. The monoisotopic (exact) mass is 273 g/mol. The predicted octanol–water partition coefficient (Wildman–Crippen LogP) is 3.27. The van der Waals surface area contributed by atoms with Crippen LogP contribution in [-0.2, 0) is 6.42 Å². The molecule has 0 atom stereocenters. The molecule has 0 saturated carbocycles. The first kappa shape index (κ1) is 14.1. The molecule has 5 nitrogen and oxygen atoms in total. The van der Waals surface area contributed by atoms with Gasteiger partial charge in [0.25, 0.3) is 0 Å². The highest BCUT2D eigenvalue weighted by Crippen LogP contribution is 2.33. The molecule has 0 aliphatic rings. The predicted molar refractivity (Wildman–Crippen MR) is 78.6 cm³/mol. The van der Waals surface area contributed by atoms with E-state index in [2.05, 4.69) is 15.3 Å². The summed E-state index contributed by atoms with van der Waals surface area (Å²) >= 11 is 0. The lowest BCUT2D eigenvalue weighted by Crippen LogP contribution is -2.03. The number of nitrogens with one attached hydrogen (secondary N) is 1. The van der Waals surface area contributed by atoms with E-state index >= 15 is 0 Å². The van der Waals surface area contributed by atoms with Gasteiger partial charge in [-0.25, -0.2) is 9.97 Å². The normalized spacial score (nSPS) is 10.2. The first-order valence-electron chi connectivity index (χ1n) is 6.71. The Labute approximate surface area is 119 Å². The number of rotatable bonds is 6. The molecule has 0 aliphatic carbocycles. The molecule has 0 amide bonds. The van der Waals surface area contributed by atoms with E-state index in [0.717, 1.165) is 17.8 Å². The third-order valence-electron chi connectivity index (χ3n) is 2.85. The van der Waals surface area contributed by atoms with E-state index in [9.17, 15) is 0 Å². The van der Waals surface area contributed by atoms with Crippen molar-refractivity contribution in [1.82, 2.24) is 9.97 Å². The van der Waals surface area contributed by atoms with Crippen molar-refractivity contribution in [3.8, 4) is 17.4 Å². The van der Waals surface area contributed by atoms with Crippen LogP contribution < -0.4 is 14.8 Å². The summed E-state index contributed by atoms with van der Waals surface area (Å²) in [4.78, 5) is 8.42. The van der Waals surface area contributed by atoms with Crippen molar-refractivity contribution in [3.63, 3.8) is 0 Å². The van der Waals surface area contributed by atoms with Crippen LogP contribution in [0.4, 0.5) is 5.82 Å².